The Hall–Kier alpha value is -0.240. The minimum Gasteiger partial charge on any atom is -0.355 e. The molecule has 0 aliphatic rings. The Bertz CT molecular complexity index is 202. The molecule has 0 spiro atoms. The molecule has 0 radical (unpaired) electrons. The van der Waals surface area contributed by atoms with Gasteiger partial charge in [0.2, 0.25) is 5.91 Å². The summed E-state index contributed by atoms with van der Waals surface area (Å²) in [5, 5.41) is 2.99. The zero-order valence-electron chi connectivity index (χ0n) is 10.6. The first-order chi connectivity index (χ1) is 6.80. The van der Waals surface area contributed by atoms with Crippen molar-refractivity contribution in [1.29, 1.82) is 0 Å². The highest BCUT2D eigenvalue weighted by molar-refractivity contribution is 6.17. The molecule has 0 saturated heterocycles. The van der Waals surface area contributed by atoms with Gasteiger partial charge in [-0.3, -0.25) is 4.79 Å². The molecule has 0 aliphatic carbocycles. The maximum absolute atomic E-state index is 11.7. The van der Waals surface area contributed by atoms with Gasteiger partial charge in [-0.2, -0.15) is 0 Å². The first-order valence-electron chi connectivity index (χ1n) is 5.64. The van der Waals surface area contributed by atoms with Gasteiger partial charge in [-0.15, -0.1) is 11.6 Å². The Labute approximate surface area is 98.8 Å². The van der Waals surface area contributed by atoms with E-state index in [9.17, 15) is 4.79 Å². The average molecular weight is 234 g/mol. The predicted octanol–water partition coefficient (Wildman–Crippen LogP) is 3.05. The number of carbonyl (C=O) groups excluding carboxylic acids is 1. The molecule has 1 atom stereocenters. The zero-order chi connectivity index (χ0) is 12.1. The molecule has 0 aromatic heterocycles. The van der Waals surface area contributed by atoms with Crippen LogP contribution >= 0.6 is 11.6 Å². The van der Waals surface area contributed by atoms with Crippen molar-refractivity contribution >= 4 is 17.5 Å². The van der Waals surface area contributed by atoms with Crippen LogP contribution in [0.4, 0.5) is 0 Å². The third kappa shape index (κ3) is 6.03. The second-order valence-corrected chi connectivity index (χ2v) is 5.73. The van der Waals surface area contributed by atoms with Crippen LogP contribution in [0.3, 0.4) is 0 Å². The molecule has 0 aromatic rings. The van der Waals surface area contributed by atoms with Crippen molar-refractivity contribution in [3.63, 3.8) is 0 Å². The quantitative estimate of drug-likeness (QED) is 0.702. The van der Waals surface area contributed by atoms with Gasteiger partial charge in [-0.05, 0) is 17.8 Å². The molecule has 15 heavy (non-hydrogen) atoms. The van der Waals surface area contributed by atoms with E-state index in [2.05, 4.69) is 33.0 Å². The van der Waals surface area contributed by atoms with E-state index in [1.54, 1.807) is 0 Å². The summed E-state index contributed by atoms with van der Waals surface area (Å²) in [4.78, 5) is 11.7. The third-order valence-corrected chi connectivity index (χ3v) is 3.11. The summed E-state index contributed by atoms with van der Waals surface area (Å²) in [5.41, 5.74) is 0.0914. The second-order valence-electron chi connectivity index (χ2n) is 5.35. The standard InChI is InChI=1S/C12H24ClNO/c1-9(2)10(3)11(15)14-8-12(4,5)6-7-13/h9-10H,6-8H2,1-5H3,(H,14,15). The Kier molecular flexibility index (Phi) is 6.26. The van der Waals surface area contributed by atoms with Gasteiger partial charge in [-0.1, -0.05) is 34.6 Å². The zero-order valence-corrected chi connectivity index (χ0v) is 11.3. The van der Waals surface area contributed by atoms with Crippen LogP contribution in [0.2, 0.25) is 0 Å². The topological polar surface area (TPSA) is 29.1 Å². The van der Waals surface area contributed by atoms with E-state index in [0.717, 1.165) is 6.42 Å². The Morgan fingerprint density at radius 1 is 1.33 bits per heavy atom. The molecule has 0 aromatic carbocycles. The molecule has 90 valence electrons. The highest BCUT2D eigenvalue weighted by Crippen LogP contribution is 2.20. The summed E-state index contributed by atoms with van der Waals surface area (Å²) in [5.74, 6) is 1.26. The van der Waals surface area contributed by atoms with Gasteiger partial charge >= 0.3 is 0 Å². The first-order valence-corrected chi connectivity index (χ1v) is 6.17. The largest absolute Gasteiger partial charge is 0.355 e. The van der Waals surface area contributed by atoms with Crippen molar-refractivity contribution in [1.82, 2.24) is 5.32 Å². The normalized spacial score (nSPS) is 14.1. The maximum Gasteiger partial charge on any atom is 0.223 e. The number of carbonyl (C=O) groups is 1. The Balaban J connectivity index is 4.00. The summed E-state index contributed by atoms with van der Waals surface area (Å²) in [7, 11) is 0. The van der Waals surface area contributed by atoms with Gasteiger partial charge in [0.25, 0.3) is 0 Å². The van der Waals surface area contributed by atoms with Crippen LogP contribution in [0.5, 0.6) is 0 Å². The number of alkyl halides is 1. The van der Waals surface area contributed by atoms with Crippen LogP contribution < -0.4 is 5.32 Å². The monoisotopic (exact) mass is 233 g/mol. The van der Waals surface area contributed by atoms with Crippen molar-refractivity contribution in [2.45, 2.75) is 41.0 Å². The van der Waals surface area contributed by atoms with Crippen molar-refractivity contribution < 1.29 is 4.79 Å². The second kappa shape index (κ2) is 6.37. The van der Waals surface area contributed by atoms with E-state index in [0.29, 0.717) is 18.3 Å². The Morgan fingerprint density at radius 3 is 2.27 bits per heavy atom. The maximum atomic E-state index is 11.7. The van der Waals surface area contributed by atoms with E-state index < -0.39 is 0 Å². The summed E-state index contributed by atoms with van der Waals surface area (Å²) < 4.78 is 0. The molecule has 1 amide bonds. The van der Waals surface area contributed by atoms with Crippen LogP contribution in [0, 0.1) is 17.3 Å². The number of hydrogen-bond acceptors (Lipinski definition) is 1. The molecule has 3 heteroatoms. The summed E-state index contributed by atoms with van der Waals surface area (Å²) in [6.07, 6.45) is 0.922. The van der Waals surface area contributed by atoms with Gasteiger partial charge < -0.3 is 5.32 Å². The van der Waals surface area contributed by atoms with Gasteiger partial charge in [-0.25, -0.2) is 0 Å². The molecular weight excluding hydrogens is 210 g/mol. The predicted molar refractivity (Wildman–Crippen MR) is 66.1 cm³/mol. The Morgan fingerprint density at radius 2 is 1.87 bits per heavy atom. The summed E-state index contributed by atoms with van der Waals surface area (Å²) in [6.45, 7) is 11.0. The number of nitrogens with one attached hydrogen (secondary N) is 1. The molecular formula is C12H24ClNO. The molecule has 0 fully saturated rings. The SMILES string of the molecule is CC(C)C(C)C(=O)NCC(C)(C)CCCl. The highest BCUT2D eigenvalue weighted by atomic mass is 35.5. The van der Waals surface area contributed by atoms with Crippen LogP contribution in [0.1, 0.15) is 41.0 Å². The van der Waals surface area contributed by atoms with Gasteiger partial charge in [0.05, 0.1) is 0 Å². The minimum absolute atomic E-state index is 0.0804. The lowest BCUT2D eigenvalue weighted by atomic mass is 9.89. The van der Waals surface area contributed by atoms with E-state index in [1.165, 1.54) is 0 Å². The van der Waals surface area contributed by atoms with E-state index in [1.807, 2.05) is 6.92 Å². The van der Waals surface area contributed by atoms with Gasteiger partial charge in [0, 0.05) is 18.3 Å². The number of rotatable bonds is 6. The van der Waals surface area contributed by atoms with Gasteiger partial charge in [0.1, 0.15) is 0 Å². The average Bonchev–Trinajstić information content (AvgIpc) is 2.13. The minimum atomic E-state index is 0.0804. The molecule has 1 N–H and O–H groups in total. The fourth-order valence-corrected chi connectivity index (χ4v) is 1.65. The van der Waals surface area contributed by atoms with Crippen LogP contribution in [0.25, 0.3) is 0 Å². The first kappa shape index (κ1) is 14.8. The third-order valence-electron chi connectivity index (χ3n) is 2.93. The lowest BCUT2D eigenvalue weighted by Gasteiger charge is -2.25. The van der Waals surface area contributed by atoms with E-state index in [4.69, 9.17) is 11.6 Å². The van der Waals surface area contributed by atoms with Crippen LogP contribution in [-0.4, -0.2) is 18.3 Å². The molecule has 0 rings (SSSR count). The lowest BCUT2D eigenvalue weighted by Crippen LogP contribution is -2.38. The highest BCUT2D eigenvalue weighted by Gasteiger charge is 2.21. The smallest absolute Gasteiger partial charge is 0.223 e. The van der Waals surface area contributed by atoms with Crippen molar-refractivity contribution in [2.75, 3.05) is 12.4 Å². The van der Waals surface area contributed by atoms with Crippen LogP contribution in [0.15, 0.2) is 0 Å². The molecule has 0 heterocycles. The van der Waals surface area contributed by atoms with Crippen molar-refractivity contribution in [2.24, 2.45) is 17.3 Å². The van der Waals surface area contributed by atoms with E-state index in [-0.39, 0.29) is 17.2 Å². The fourth-order valence-electron chi connectivity index (χ4n) is 1.13. The van der Waals surface area contributed by atoms with Crippen molar-refractivity contribution in [3.05, 3.63) is 0 Å². The summed E-state index contributed by atoms with van der Waals surface area (Å²) in [6, 6.07) is 0. The number of halogens is 1. The van der Waals surface area contributed by atoms with E-state index >= 15 is 0 Å². The molecule has 0 aliphatic heterocycles. The van der Waals surface area contributed by atoms with Crippen molar-refractivity contribution in [3.8, 4) is 0 Å². The number of hydrogen-bond donors (Lipinski definition) is 1. The summed E-state index contributed by atoms with van der Waals surface area (Å²) >= 11 is 5.70. The lowest BCUT2D eigenvalue weighted by molar-refractivity contribution is -0.126. The molecule has 0 saturated carbocycles. The van der Waals surface area contributed by atoms with Gasteiger partial charge in [0.15, 0.2) is 0 Å². The number of amides is 1. The molecule has 1 unspecified atom stereocenters. The molecule has 2 nitrogen and oxygen atoms in total. The fraction of sp³-hybridized carbons (Fsp3) is 0.917. The van der Waals surface area contributed by atoms with Crippen LogP contribution in [-0.2, 0) is 4.79 Å². The molecule has 0 bridgehead atoms.